The van der Waals surface area contributed by atoms with Gasteiger partial charge in [-0.2, -0.15) is 0 Å². The molecule has 1 aromatic carbocycles. The maximum Gasteiger partial charge on any atom is 0.185 e. The van der Waals surface area contributed by atoms with Crippen LogP contribution in [0.1, 0.15) is 12.0 Å². The van der Waals surface area contributed by atoms with Crippen molar-refractivity contribution in [1.29, 1.82) is 0 Å². The predicted molar refractivity (Wildman–Crippen MR) is 109 cm³/mol. The molecule has 0 aliphatic carbocycles. The van der Waals surface area contributed by atoms with Crippen molar-refractivity contribution in [2.75, 3.05) is 36.0 Å². The zero-order valence-corrected chi connectivity index (χ0v) is 16.1. The summed E-state index contributed by atoms with van der Waals surface area (Å²) in [5.74, 6) is 1.89. The molecule has 26 heavy (non-hydrogen) atoms. The van der Waals surface area contributed by atoms with E-state index in [0.29, 0.717) is 0 Å². The van der Waals surface area contributed by atoms with Crippen LogP contribution in [0.25, 0.3) is 0 Å². The molecule has 0 saturated carbocycles. The molecule has 0 unspecified atom stereocenters. The maximum atomic E-state index is 4.84. The van der Waals surface area contributed by atoms with Gasteiger partial charge in [0, 0.05) is 43.5 Å². The highest BCUT2D eigenvalue weighted by molar-refractivity contribution is 7.98. The van der Waals surface area contributed by atoms with Crippen molar-refractivity contribution in [3.63, 3.8) is 0 Å². The Morgan fingerprint density at radius 2 is 1.85 bits per heavy atom. The van der Waals surface area contributed by atoms with Gasteiger partial charge in [0.1, 0.15) is 10.8 Å². The van der Waals surface area contributed by atoms with E-state index in [1.807, 2.05) is 30.0 Å². The summed E-state index contributed by atoms with van der Waals surface area (Å²) < 4.78 is 0. The molecule has 0 bridgehead atoms. The van der Waals surface area contributed by atoms with Gasteiger partial charge in [-0.15, -0.1) is 23.1 Å². The molecule has 2 aromatic heterocycles. The summed E-state index contributed by atoms with van der Waals surface area (Å²) in [5.41, 5.74) is 1.30. The summed E-state index contributed by atoms with van der Waals surface area (Å²) in [6, 6.07) is 10.5. The molecule has 4 rings (SSSR count). The molecule has 1 saturated heterocycles. The van der Waals surface area contributed by atoms with Crippen molar-refractivity contribution in [3.8, 4) is 0 Å². The predicted octanol–water partition coefficient (Wildman–Crippen LogP) is 3.94. The molecule has 1 fully saturated rings. The van der Waals surface area contributed by atoms with Gasteiger partial charge in [-0.3, -0.25) is 4.98 Å². The number of nitrogens with zero attached hydrogens (tertiary/aromatic N) is 5. The van der Waals surface area contributed by atoms with Crippen LogP contribution in [0.4, 0.5) is 10.9 Å². The molecular weight excluding hydrogens is 362 g/mol. The van der Waals surface area contributed by atoms with Gasteiger partial charge in [-0.25, -0.2) is 9.97 Å². The van der Waals surface area contributed by atoms with Crippen molar-refractivity contribution in [1.82, 2.24) is 15.0 Å². The van der Waals surface area contributed by atoms with E-state index >= 15 is 0 Å². The Balaban J connectivity index is 1.39. The Kier molecular flexibility index (Phi) is 5.66. The van der Waals surface area contributed by atoms with Gasteiger partial charge in [0.25, 0.3) is 0 Å². The fraction of sp³-hybridized carbons (Fsp3) is 0.316. The molecule has 5 nitrogen and oxygen atoms in total. The summed E-state index contributed by atoms with van der Waals surface area (Å²) in [7, 11) is 0. The topological polar surface area (TPSA) is 45.2 Å². The maximum absolute atomic E-state index is 4.84. The standard InChI is InChI=1S/C19H21N5S2/c1-2-5-16(6-3-1)15-26-18-14-20-13-17(22-18)23-8-4-9-24(11-10-23)19-21-7-12-25-19/h1-3,5-7,12-14H,4,8-11,15H2. The van der Waals surface area contributed by atoms with Crippen LogP contribution in [0.15, 0.2) is 59.3 Å². The molecular formula is C19H21N5S2. The lowest BCUT2D eigenvalue weighted by atomic mass is 10.2. The van der Waals surface area contributed by atoms with E-state index in [-0.39, 0.29) is 0 Å². The quantitative estimate of drug-likeness (QED) is 0.622. The third-order valence-corrected chi connectivity index (χ3v) is 6.14. The van der Waals surface area contributed by atoms with Gasteiger partial charge in [0.2, 0.25) is 0 Å². The van der Waals surface area contributed by atoms with Crippen molar-refractivity contribution in [2.45, 2.75) is 17.2 Å². The van der Waals surface area contributed by atoms with Crippen LogP contribution in [0.5, 0.6) is 0 Å². The summed E-state index contributed by atoms with van der Waals surface area (Å²) in [6.45, 7) is 3.96. The number of thiazole rings is 1. The number of anilines is 2. The number of rotatable bonds is 5. The van der Waals surface area contributed by atoms with Crippen LogP contribution in [0.2, 0.25) is 0 Å². The Bertz CT molecular complexity index is 810. The molecule has 0 spiro atoms. The normalized spacial score (nSPS) is 15.1. The summed E-state index contributed by atoms with van der Waals surface area (Å²) in [6.07, 6.45) is 6.71. The van der Waals surface area contributed by atoms with E-state index in [9.17, 15) is 0 Å². The molecule has 0 radical (unpaired) electrons. The largest absolute Gasteiger partial charge is 0.353 e. The second-order valence-corrected chi connectivity index (χ2v) is 8.00. The van der Waals surface area contributed by atoms with Gasteiger partial charge >= 0.3 is 0 Å². The Hall–Kier alpha value is -2.12. The van der Waals surface area contributed by atoms with Crippen LogP contribution < -0.4 is 9.80 Å². The van der Waals surface area contributed by atoms with Crippen LogP contribution in [0.3, 0.4) is 0 Å². The average Bonchev–Trinajstić information content (AvgIpc) is 3.12. The van der Waals surface area contributed by atoms with Crippen LogP contribution in [-0.2, 0) is 5.75 Å². The first-order valence-electron chi connectivity index (χ1n) is 8.77. The molecule has 134 valence electrons. The lowest BCUT2D eigenvalue weighted by Crippen LogP contribution is -2.31. The van der Waals surface area contributed by atoms with E-state index in [1.54, 1.807) is 23.1 Å². The molecule has 0 N–H and O–H groups in total. The second kappa shape index (κ2) is 8.51. The van der Waals surface area contributed by atoms with Crippen LogP contribution in [0, 0.1) is 0 Å². The molecule has 3 heterocycles. The summed E-state index contributed by atoms with van der Waals surface area (Å²) >= 11 is 3.44. The minimum Gasteiger partial charge on any atom is -0.353 e. The minimum absolute atomic E-state index is 0.913. The number of thioether (sulfide) groups is 1. The lowest BCUT2D eigenvalue weighted by molar-refractivity contribution is 0.787. The molecule has 1 aliphatic rings. The van der Waals surface area contributed by atoms with Crippen LogP contribution >= 0.6 is 23.1 Å². The highest BCUT2D eigenvalue weighted by atomic mass is 32.2. The molecule has 1 aliphatic heterocycles. The third kappa shape index (κ3) is 4.34. The molecule has 3 aromatic rings. The van der Waals surface area contributed by atoms with E-state index in [0.717, 1.165) is 54.3 Å². The number of benzene rings is 1. The summed E-state index contributed by atoms with van der Waals surface area (Å²) in [5, 5.41) is 4.13. The summed E-state index contributed by atoms with van der Waals surface area (Å²) in [4.78, 5) is 18.4. The van der Waals surface area contributed by atoms with Gasteiger partial charge < -0.3 is 9.80 Å². The van der Waals surface area contributed by atoms with Gasteiger partial charge in [0.05, 0.1) is 12.4 Å². The first-order valence-corrected chi connectivity index (χ1v) is 10.6. The minimum atomic E-state index is 0.913. The Morgan fingerprint density at radius 1 is 1.00 bits per heavy atom. The van der Waals surface area contributed by atoms with E-state index < -0.39 is 0 Å². The average molecular weight is 384 g/mol. The SMILES string of the molecule is c1ccc(CSc2cncc(N3CCCN(c4nccs4)CC3)n2)cc1. The highest BCUT2D eigenvalue weighted by Gasteiger charge is 2.18. The number of aromatic nitrogens is 3. The van der Waals surface area contributed by atoms with Gasteiger partial charge in [-0.1, -0.05) is 30.3 Å². The van der Waals surface area contributed by atoms with Crippen molar-refractivity contribution < 1.29 is 0 Å². The van der Waals surface area contributed by atoms with E-state index in [2.05, 4.69) is 44.0 Å². The first kappa shape index (κ1) is 17.3. The zero-order chi connectivity index (χ0) is 17.6. The Labute approximate surface area is 162 Å². The second-order valence-electron chi connectivity index (χ2n) is 6.13. The monoisotopic (exact) mass is 383 g/mol. The first-order chi connectivity index (χ1) is 12.9. The number of hydrogen-bond donors (Lipinski definition) is 0. The van der Waals surface area contributed by atoms with Gasteiger partial charge in [0.15, 0.2) is 5.13 Å². The van der Waals surface area contributed by atoms with Gasteiger partial charge in [-0.05, 0) is 12.0 Å². The lowest BCUT2D eigenvalue weighted by Gasteiger charge is -2.22. The third-order valence-electron chi connectivity index (χ3n) is 4.34. The van der Waals surface area contributed by atoms with E-state index in [4.69, 9.17) is 4.98 Å². The Morgan fingerprint density at radius 3 is 2.69 bits per heavy atom. The van der Waals surface area contributed by atoms with Crippen LogP contribution in [-0.4, -0.2) is 41.1 Å². The molecule has 0 atom stereocenters. The fourth-order valence-corrected chi connectivity index (χ4v) is 4.50. The fourth-order valence-electron chi connectivity index (χ4n) is 3.00. The van der Waals surface area contributed by atoms with Crippen molar-refractivity contribution in [3.05, 3.63) is 59.9 Å². The highest BCUT2D eigenvalue weighted by Crippen LogP contribution is 2.24. The smallest absolute Gasteiger partial charge is 0.185 e. The molecule has 0 amide bonds. The van der Waals surface area contributed by atoms with Crippen molar-refractivity contribution in [2.24, 2.45) is 0 Å². The number of hydrogen-bond acceptors (Lipinski definition) is 7. The zero-order valence-electron chi connectivity index (χ0n) is 14.5. The molecule has 7 heteroatoms. The van der Waals surface area contributed by atoms with E-state index in [1.165, 1.54) is 5.56 Å². The van der Waals surface area contributed by atoms with Crippen molar-refractivity contribution >= 4 is 34.0 Å².